The highest BCUT2D eigenvalue weighted by Gasteiger charge is 2.44. The van der Waals surface area contributed by atoms with E-state index in [4.69, 9.17) is 16.3 Å². The van der Waals surface area contributed by atoms with Crippen LogP contribution in [-0.2, 0) is 9.53 Å². The summed E-state index contributed by atoms with van der Waals surface area (Å²) in [6.45, 7) is 9.90. The maximum atomic E-state index is 12.6. The molecule has 2 saturated heterocycles. The Labute approximate surface area is 115 Å². The van der Waals surface area contributed by atoms with Crippen LogP contribution in [0.5, 0.6) is 0 Å². The van der Waals surface area contributed by atoms with Crippen LogP contribution in [0.2, 0.25) is 0 Å². The van der Waals surface area contributed by atoms with Gasteiger partial charge in [0, 0.05) is 18.5 Å². The molecule has 0 aromatic carbocycles. The van der Waals surface area contributed by atoms with Crippen molar-refractivity contribution in [3.8, 4) is 0 Å². The van der Waals surface area contributed by atoms with Gasteiger partial charge in [-0.05, 0) is 32.1 Å². The van der Waals surface area contributed by atoms with E-state index >= 15 is 0 Å². The molecule has 0 radical (unpaired) electrons. The fourth-order valence-electron chi connectivity index (χ4n) is 3.22. The Bertz CT molecular complexity index is 323. The number of hydrogen-bond acceptors (Lipinski definition) is 2. The molecule has 0 bridgehead atoms. The Kier molecular flexibility index (Phi) is 4.22. The summed E-state index contributed by atoms with van der Waals surface area (Å²) in [4.78, 5) is 14.6. The van der Waals surface area contributed by atoms with Crippen LogP contribution in [0.4, 0.5) is 0 Å². The fourth-order valence-corrected chi connectivity index (χ4v) is 3.40. The third-order valence-electron chi connectivity index (χ3n) is 4.64. The summed E-state index contributed by atoms with van der Waals surface area (Å²) < 4.78 is 5.77. The molecule has 2 fully saturated rings. The van der Waals surface area contributed by atoms with Crippen LogP contribution in [0.15, 0.2) is 0 Å². The van der Waals surface area contributed by atoms with Gasteiger partial charge in [-0.2, -0.15) is 0 Å². The first-order valence-electron chi connectivity index (χ1n) is 7.00. The van der Waals surface area contributed by atoms with Gasteiger partial charge in [0.15, 0.2) is 0 Å². The standard InChI is InChI=1S/C14H24ClNO2/c1-8-7-16(6-5-12(8)15)14(17)13-9(2)10(3)18-11(13)4/h8-13H,5-7H2,1-4H3. The third kappa shape index (κ3) is 2.53. The Morgan fingerprint density at radius 1 is 1.22 bits per heavy atom. The first-order chi connectivity index (χ1) is 8.41. The Morgan fingerprint density at radius 2 is 1.89 bits per heavy atom. The molecule has 2 aliphatic heterocycles. The lowest BCUT2D eigenvalue weighted by atomic mass is 9.87. The van der Waals surface area contributed by atoms with E-state index in [1.54, 1.807) is 0 Å². The SMILES string of the molecule is CC1CN(C(=O)C2C(C)OC(C)C2C)CCC1Cl. The molecule has 0 aliphatic carbocycles. The minimum absolute atomic E-state index is 0.0130. The lowest BCUT2D eigenvalue weighted by molar-refractivity contribution is -0.139. The number of piperidine rings is 1. The zero-order valence-electron chi connectivity index (χ0n) is 11.7. The second kappa shape index (κ2) is 5.38. The summed E-state index contributed by atoms with van der Waals surface area (Å²) in [5, 5.41) is 0.211. The zero-order chi connectivity index (χ0) is 13.4. The van der Waals surface area contributed by atoms with Crippen LogP contribution in [0.3, 0.4) is 0 Å². The number of carbonyl (C=O) groups is 1. The van der Waals surface area contributed by atoms with Gasteiger partial charge in [0.25, 0.3) is 0 Å². The minimum Gasteiger partial charge on any atom is -0.374 e. The molecule has 4 heteroatoms. The predicted molar refractivity (Wildman–Crippen MR) is 72.7 cm³/mol. The number of rotatable bonds is 1. The summed E-state index contributed by atoms with van der Waals surface area (Å²) in [5.41, 5.74) is 0. The largest absolute Gasteiger partial charge is 0.374 e. The molecule has 0 saturated carbocycles. The Morgan fingerprint density at radius 3 is 2.39 bits per heavy atom. The van der Waals surface area contributed by atoms with E-state index in [0.717, 1.165) is 19.5 Å². The lowest BCUT2D eigenvalue weighted by Gasteiger charge is -2.36. The van der Waals surface area contributed by atoms with E-state index in [1.165, 1.54) is 0 Å². The zero-order valence-corrected chi connectivity index (χ0v) is 12.5. The molecule has 0 aromatic heterocycles. The molecule has 0 N–H and O–H groups in total. The van der Waals surface area contributed by atoms with Crippen molar-refractivity contribution in [2.24, 2.45) is 17.8 Å². The van der Waals surface area contributed by atoms with Crippen molar-refractivity contribution in [3.05, 3.63) is 0 Å². The van der Waals surface area contributed by atoms with E-state index in [2.05, 4.69) is 20.8 Å². The van der Waals surface area contributed by atoms with Crippen molar-refractivity contribution >= 4 is 17.5 Å². The van der Waals surface area contributed by atoms with Gasteiger partial charge in [-0.15, -0.1) is 11.6 Å². The highest BCUT2D eigenvalue weighted by molar-refractivity contribution is 6.20. The lowest BCUT2D eigenvalue weighted by Crippen LogP contribution is -2.48. The second-order valence-electron chi connectivity index (χ2n) is 6.00. The predicted octanol–water partition coefficient (Wildman–Crippen LogP) is 2.52. The molecule has 1 amide bonds. The van der Waals surface area contributed by atoms with Crippen molar-refractivity contribution in [3.63, 3.8) is 0 Å². The van der Waals surface area contributed by atoms with Crippen LogP contribution in [-0.4, -0.2) is 41.5 Å². The molecule has 6 unspecified atom stereocenters. The van der Waals surface area contributed by atoms with Crippen LogP contribution in [0.1, 0.15) is 34.1 Å². The summed E-state index contributed by atoms with van der Waals surface area (Å²) >= 11 is 6.21. The van der Waals surface area contributed by atoms with E-state index < -0.39 is 0 Å². The number of carbonyl (C=O) groups excluding carboxylic acids is 1. The van der Waals surface area contributed by atoms with Crippen LogP contribution >= 0.6 is 11.6 Å². The number of ether oxygens (including phenoxy) is 1. The van der Waals surface area contributed by atoms with Crippen molar-refractivity contribution in [2.45, 2.75) is 51.7 Å². The molecular weight excluding hydrogens is 250 g/mol. The van der Waals surface area contributed by atoms with Gasteiger partial charge in [0.2, 0.25) is 5.91 Å². The van der Waals surface area contributed by atoms with E-state index in [9.17, 15) is 4.79 Å². The third-order valence-corrected chi connectivity index (χ3v) is 5.29. The molecular formula is C14H24ClNO2. The molecule has 2 aliphatic rings. The summed E-state index contributed by atoms with van der Waals surface area (Å²) in [6, 6.07) is 0. The topological polar surface area (TPSA) is 29.5 Å². The maximum Gasteiger partial charge on any atom is 0.228 e. The van der Waals surface area contributed by atoms with Gasteiger partial charge in [0.05, 0.1) is 18.1 Å². The molecule has 18 heavy (non-hydrogen) atoms. The van der Waals surface area contributed by atoms with E-state index in [-0.39, 0.29) is 29.4 Å². The molecule has 0 aromatic rings. The number of halogens is 1. The first kappa shape index (κ1) is 14.1. The minimum atomic E-state index is 0.0130. The summed E-state index contributed by atoms with van der Waals surface area (Å²) in [6.07, 6.45) is 1.11. The van der Waals surface area contributed by atoms with Crippen LogP contribution in [0, 0.1) is 17.8 Å². The molecule has 2 heterocycles. The fraction of sp³-hybridized carbons (Fsp3) is 0.929. The Balaban J connectivity index is 2.03. The van der Waals surface area contributed by atoms with Gasteiger partial charge < -0.3 is 9.64 Å². The van der Waals surface area contributed by atoms with Gasteiger partial charge in [0.1, 0.15) is 0 Å². The van der Waals surface area contributed by atoms with Crippen molar-refractivity contribution in [1.29, 1.82) is 0 Å². The number of hydrogen-bond donors (Lipinski definition) is 0. The molecule has 0 spiro atoms. The molecule has 3 nitrogen and oxygen atoms in total. The number of likely N-dealkylation sites (tertiary alicyclic amines) is 1. The molecule has 2 rings (SSSR count). The number of alkyl halides is 1. The monoisotopic (exact) mass is 273 g/mol. The number of nitrogens with zero attached hydrogens (tertiary/aromatic N) is 1. The highest BCUT2D eigenvalue weighted by atomic mass is 35.5. The van der Waals surface area contributed by atoms with Crippen LogP contribution in [0.25, 0.3) is 0 Å². The van der Waals surface area contributed by atoms with E-state index in [1.807, 2.05) is 11.8 Å². The Hall–Kier alpha value is -0.280. The van der Waals surface area contributed by atoms with Gasteiger partial charge in [-0.25, -0.2) is 0 Å². The summed E-state index contributed by atoms with van der Waals surface area (Å²) in [7, 11) is 0. The van der Waals surface area contributed by atoms with E-state index in [0.29, 0.717) is 11.8 Å². The van der Waals surface area contributed by atoms with Gasteiger partial charge in [-0.3, -0.25) is 4.79 Å². The van der Waals surface area contributed by atoms with Crippen molar-refractivity contribution in [2.75, 3.05) is 13.1 Å². The van der Waals surface area contributed by atoms with Gasteiger partial charge >= 0.3 is 0 Å². The highest BCUT2D eigenvalue weighted by Crippen LogP contribution is 2.34. The van der Waals surface area contributed by atoms with Crippen LogP contribution < -0.4 is 0 Å². The average Bonchev–Trinajstić information content (AvgIpc) is 2.56. The maximum absolute atomic E-state index is 12.6. The smallest absolute Gasteiger partial charge is 0.228 e. The molecule has 104 valence electrons. The van der Waals surface area contributed by atoms with Crippen molar-refractivity contribution < 1.29 is 9.53 Å². The first-order valence-corrected chi connectivity index (χ1v) is 7.43. The summed E-state index contributed by atoms with van der Waals surface area (Å²) in [5.74, 6) is 0.958. The van der Waals surface area contributed by atoms with Gasteiger partial charge in [-0.1, -0.05) is 13.8 Å². The normalized spacial score (nSPS) is 45.3. The van der Waals surface area contributed by atoms with Crippen molar-refractivity contribution in [1.82, 2.24) is 4.90 Å². The second-order valence-corrected chi connectivity index (χ2v) is 6.56. The quantitative estimate of drug-likeness (QED) is 0.687. The average molecular weight is 274 g/mol. The number of amides is 1. The molecule has 6 atom stereocenters.